The van der Waals surface area contributed by atoms with Gasteiger partial charge in [-0.05, 0) is 49.8 Å². The molecule has 1 fully saturated rings. The van der Waals surface area contributed by atoms with Gasteiger partial charge in [0.05, 0.1) is 0 Å². The number of fused-ring (bicyclic) bond motifs is 1. The molecule has 2 aliphatic rings. The summed E-state index contributed by atoms with van der Waals surface area (Å²) in [5.74, 6) is 0.820. The molecule has 2 heteroatoms. The van der Waals surface area contributed by atoms with Gasteiger partial charge >= 0.3 is 0 Å². The maximum Gasteiger partial charge on any atom is 0.0399 e. The molecule has 2 unspecified atom stereocenters. The van der Waals surface area contributed by atoms with Crippen molar-refractivity contribution in [3.8, 4) is 0 Å². The Labute approximate surface area is 110 Å². The minimum Gasteiger partial charge on any atom is -0.370 e. The summed E-state index contributed by atoms with van der Waals surface area (Å²) in [6.45, 7) is 5.98. The van der Waals surface area contributed by atoms with Crippen molar-refractivity contribution in [3.05, 3.63) is 29.8 Å². The molecule has 0 bridgehead atoms. The Hall–Kier alpha value is -1.02. The van der Waals surface area contributed by atoms with Gasteiger partial charge in [-0.15, -0.1) is 0 Å². The second-order valence-corrected chi connectivity index (χ2v) is 5.86. The third-order valence-electron chi connectivity index (χ3n) is 4.57. The van der Waals surface area contributed by atoms with E-state index in [2.05, 4.69) is 41.4 Å². The Balaban J connectivity index is 1.79. The van der Waals surface area contributed by atoms with Crippen LogP contribution in [-0.4, -0.2) is 25.7 Å². The zero-order chi connectivity index (χ0) is 12.4. The molecule has 0 aliphatic carbocycles. The lowest BCUT2D eigenvalue weighted by Gasteiger charge is -2.29. The molecule has 98 valence electrons. The van der Waals surface area contributed by atoms with Gasteiger partial charge in [-0.2, -0.15) is 0 Å². The average molecular weight is 244 g/mol. The first kappa shape index (κ1) is 12.0. The molecule has 1 saturated heterocycles. The normalized spacial score (nSPS) is 27.9. The van der Waals surface area contributed by atoms with Crippen molar-refractivity contribution in [2.45, 2.75) is 38.6 Å². The SMILES string of the molecule is CC1CCNC1CN1CCCCc2ccccc21. The van der Waals surface area contributed by atoms with E-state index in [4.69, 9.17) is 0 Å². The molecule has 0 radical (unpaired) electrons. The summed E-state index contributed by atoms with van der Waals surface area (Å²) in [7, 11) is 0. The molecule has 2 heterocycles. The van der Waals surface area contributed by atoms with Crippen LogP contribution in [0.2, 0.25) is 0 Å². The van der Waals surface area contributed by atoms with E-state index in [1.54, 1.807) is 5.56 Å². The number of benzene rings is 1. The first-order valence-electron chi connectivity index (χ1n) is 7.41. The molecule has 0 saturated carbocycles. The van der Waals surface area contributed by atoms with Crippen molar-refractivity contribution in [1.82, 2.24) is 5.32 Å². The third kappa shape index (κ3) is 2.39. The lowest BCUT2D eigenvalue weighted by molar-refractivity contribution is 0.473. The number of rotatable bonds is 2. The molecule has 1 aromatic carbocycles. The van der Waals surface area contributed by atoms with Crippen molar-refractivity contribution < 1.29 is 0 Å². The van der Waals surface area contributed by atoms with Gasteiger partial charge in [-0.3, -0.25) is 0 Å². The monoisotopic (exact) mass is 244 g/mol. The van der Waals surface area contributed by atoms with Gasteiger partial charge in [0.1, 0.15) is 0 Å². The Morgan fingerprint density at radius 1 is 1.28 bits per heavy atom. The minimum absolute atomic E-state index is 0.677. The van der Waals surface area contributed by atoms with E-state index in [0.717, 1.165) is 5.92 Å². The Bertz CT molecular complexity index is 402. The van der Waals surface area contributed by atoms with Crippen LogP contribution < -0.4 is 10.2 Å². The Morgan fingerprint density at radius 3 is 3.00 bits per heavy atom. The van der Waals surface area contributed by atoms with Gasteiger partial charge in [0.2, 0.25) is 0 Å². The number of aryl methyl sites for hydroxylation is 1. The number of hydrogen-bond donors (Lipinski definition) is 1. The lowest BCUT2D eigenvalue weighted by atomic mass is 10.0. The predicted molar refractivity (Wildman–Crippen MR) is 77.2 cm³/mol. The first-order chi connectivity index (χ1) is 8.84. The topological polar surface area (TPSA) is 15.3 Å². The molecule has 2 nitrogen and oxygen atoms in total. The van der Waals surface area contributed by atoms with Crippen molar-refractivity contribution in [3.63, 3.8) is 0 Å². The van der Waals surface area contributed by atoms with E-state index in [1.807, 2.05) is 0 Å². The second-order valence-electron chi connectivity index (χ2n) is 5.86. The molecule has 18 heavy (non-hydrogen) atoms. The van der Waals surface area contributed by atoms with Gasteiger partial charge < -0.3 is 10.2 Å². The number of para-hydroxylation sites is 1. The fourth-order valence-corrected chi connectivity index (χ4v) is 3.34. The Morgan fingerprint density at radius 2 is 2.17 bits per heavy atom. The van der Waals surface area contributed by atoms with E-state index in [0.29, 0.717) is 6.04 Å². The fraction of sp³-hybridized carbons (Fsp3) is 0.625. The largest absolute Gasteiger partial charge is 0.370 e. The molecule has 0 spiro atoms. The quantitative estimate of drug-likeness (QED) is 0.860. The summed E-state index contributed by atoms with van der Waals surface area (Å²) in [6, 6.07) is 9.65. The number of nitrogens with one attached hydrogen (secondary N) is 1. The van der Waals surface area contributed by atoms with Gasteiger partial charge in [0, 0.05) is 24.8 Å². The van der Waals surface area contributed by atoms with Crippen LogP contribution in [0.15, 0.2) is 24.3 Å². The predicted octanol–water partition coefficient (Wildman–Crippen LogP) is 2.83. The van der Waals surface area contributed by atoms with Gasteiger partial charge in [-0.1, -0.05) is 25.1 Å². The molecule has 2 atom stereocenters. The van der Waals surface area contributed by atoms with Gasteiger partial charge in [0.25, 0.3) is 0 Å². The maximum absolute atomic E-state index is 3.66. The number of anilines is 1. The summed E-state index contributed by atoms with van der Waals surface area (Å²) in [5.41, 5.74) is 3.02. The van der Waals surface area contributed by atoms with Crippen LogP contribution in [0.3, 0.4) is 0 Å². The minimum atomic E-state index is 0.677. The highest BCUT2D eigenvalue weighted by Crippen LogP contribution is 2.27. The van der Waals surface area contributed by atoms with E-state index in [-0.39, 0.29) is 0 Å². The highest BCUT2D eigenvalue weighted by Gasteiger charge is 2.26. The van der Waals surface area contributed by atoms with E-state index in [1.165, 1.54) is 51.0 Å². The van der Waals surface area contributed by atoms with Crippen molar-refractivity contribution in [2.24, 2.45) is 5.92 Å². The van der Waals surface area contributed by atoms with Crippen LogP contribution in [0.5, 0.6) is 0 Å². The smallest absolute Gasteiger partial charge is 0.0399 e. The average Bonchev–Trinajstić information content (AvgIpc) is 2.68. The summed E-state index contributed by atoms with van der Waals surface area (Å²) in [5, 5.41) is 3.66. The third-order valence-corrected chi connectivity index (χ3v) is 4.57. The van der Waals surface area contributed by atoms with Crippen LogP contribution in [-0.2, 0) is 6.42 Å². The van der Waals surface area contributed by atoms with Crippen LogP contribution in [0.4, 0.5) is 5.69 Å². The molecule has 2 aliphatic heterocycles. The number of nitrogens with zero attached hydrogens (tertiary/aromatic N) is 1. The zero-order valence-corrected chi connectivity index (χ0v) is 11.4. The molecule has 3 rings (SSSR count). The lowest BCUT2D eigenvalue weighted by Crippen LogP contribution is -2.40. The summed E-state index contributed by atoms with van der Waals surface area (Å²) >= 11 is 0. The van der Waals surface area contributed by atoms with E-state index in [9.17, 15) is 0 Å². The second kappa shape index (κ2) is 5.31. The van der Waals surface area contributed by atoms with Crippen LogP contribution in [0.25, 0.3) is 0 Å². The number of hydrogen-bond acceptors (Lipinski definition) is 2. The molecule has 1 aromatic rings. The van der Waals surface area contributed by atoms with Gasteiger partial charge in [0.15, 0.2) is 0 Å². The highest BCUT2D eigenvalue weighted by molar-refractivity contribution is 5.54. The molecule has 0 aromatic heterocycles. The fourth-order valence-electron chi connectivity index (χ4n) is 3.34. The van der Waals surface area contributed by atoms with Crippen molar-refractivity contribution in [2.75, 3.05) is 24.5 Å². The van der Waals surface area contributed by atoms with Crippen molar-refractivity contribution >= 4 is 5.69 Å². The summed E-state index contributed by atoms with van der Waals surface area (Å²) < 4.78 is 0. The zero-order valence-electron chi connectivity index (χ0n) is 11.4. The summed E-state index contributed by atoms with van der Waals surface area (Å²) in [6.07, 6.45) is 5.25. The molecular formula is C16H24N2. The first-order valence-corrected chi connectivity index (χ1v) is 7.41. The van der Waals surface area contributed by atoms with Crippen LogP contribution >= 0.6 is 0 Å². The maximum atomic E-state index is 3.66. The van der Waals surface area contributed by atoms with Gasteiger partial charge in [-0.25, -0.2) is 0 Å². The molecule has 0 amide bonds. The van der Waals surface area contributed by atoms with Crippen LogP contribution in [0, 0.1) is 5.92 Å². The summed E-state index contributed by atoms with van der Waals surface area (Å²) in [4.78, 5) is 2.61. The Kier molecular flexibility index (Phi) is 3.55. The molecular weight excluding hydrogens is 220 g/mol. The van der Waals surface area contributed by atoms with Crippen molar-refractivity contribution in [1.29, 1.82) is 0 Å². The van der Waals surface area contributed by atoms with E-state index >= 15 is 0 Å². The highest BCUT2D eigenvalue weighted by atomic mass is 15.2. The standard InChI is InChI=1S/C16H24N2/c1-13-9-10-17-15(13)12-18-11-5-4-7-14-6-2-3-8-16(14)18/h2-3,6,8,13,15,17H,4-5,7,9-12H2,1H3. The molecule has 1 N–H and O–H groups in total. The van der Waals surface area contributed by atoms with Crippen LogP contribution in [0.1, 0.15) is 31.7 Å². The van der Waals surface area contributed by atoms with E-state index < -0.39 is 0 Å².